The summed E-state index contributed by atoms with van der Waals surface area (Å²) in [6.45, 7) is 11.3. The number of ether oxygens (including phenoxy) is 2. The molecule has 0 aromatic heterocycles. The van der Waals surface area contributed by atoms with Crippen molar-refractivity contribution in [2.24, 2.45) is 11.8 Å². The van der Waals surface area contributed by atoms with E-state index in [1.807, 2.05) is 12.1 Å². The van der Waals surface area contributed by atoms with Crippen LogP contribution in [0.15, 0.2) is 18.2 Å². The average Bonchev–Trinajstić information content (AvgIpc) is 2.44. The summed E-state index contributed by atoms with van der Waals surface area (Å²) in [5.41, 5.74) is 1.16. The van der Waals surface area contributed by atoms with E-state index in [1.165, 1.54) is 0 Å². The lowest BCUT2D eigenvalue weighted by Gasteiger charge is -2.18. The number of hydrogen-bond acceptors (Lipinski definition) is 3. The van der Waals surface area contributed by atoms with Crippen LogP contribution in [0.4, 0.5) is 0 Å². The minimum Gasteiger partial charge on any atom is -0.493 e. The van der Waals surface area contributed by atoms with Gasteiger partial charge in [-0.15, -0.1) is 0 Å². The summed E-state index contributed by atoms with van der Waals surface area (Å²) in [7, 11) is 1.69. The molecule has 0 fully saturated rings. The second-order valence-corrected chi connectivity index (χ2v) is 5.80. The number of hydrogen-bond donors (Lipinski definition) is 1. The number of nitrogens with one attached hydrogen (secondary N) is 1. The van der Waals surface area contributed by atoms with Gasteiger partial charge in [0, 0.05) is 12.1 Å². The van der Waals surface area contributed by atoms with Gasteiger partial charge in [0.15, 0.2) is 11.5 Å². The SMILES string of the molecule is CCC(C)COc1c(CNCC(C)C)cccc1OC. The number of methoxy groups -OCH3 is 1. The Morgan fingerprint density at radius 2 is 1.95 bits per heavy atom. The third-order valence-corrected chi connectivity index (χ3v) is 3.36. The van der Waals surface area contributed by atoms with Crippen molar-refractivity contribution >= 4 is 0 Å². The normalized spacial score (nSPS) is 12.5. The molecule has 0 saturated heterocycles. The lowest BCUT2D eigenvalue weighted by molar-refractivity contribution is 0.242. The van der Waals surface area contributed by atoms with Crippen molar-refractivity contribution in [1.82, 2.24) is 5.32 Å². The molecule has 20 heavy (non-hydrogen) atoms. The van der Waals surface area contributed by atoms with Crippen molar-refractivity contribution in [3.63, 3.8) is 0 Å². The Morgan fingerprint density at radius 3 is 2.55 bits per heavy atom. The van der Waals surface area contributed by atoms with Crippen LogP contribution in [0.25, 0.3) is 0 Å². The molecular weight excluding hydrogens is 250 g/mol. The highest BCUT2D eigenvalue weighted by molar-refractivity contribution is 5.46. The molecule has 0 aliphatic rings. The van der Waals surface area contributed by atoms with E-state index in [4.69, 9.17) is 9.47 Å². The first-order chi connectivity index (χ1) is 9.58. The predicted molar refractivity (Wildman–Crippen MR) is 84.5 cm³/mol. The first-order valence-electron chi connectivity index (χ1n) is 7.57. The Balaban J connectivity index is 2.75. The summed E-state index contributed by atoms with van der Waals surface area (Å²) >= 11 is 0. The Hall–Kier alpha value is -1.22. The fraction of sp³-hybridized carbons (Fsp3) is 0.647. The molecule has 0 spiro atoms. The number of para-hydroxylation sites is 1. The van der Waals surface area contributed by atoms with E-state index in [1.54, 1.807) is 7.11 Å². The zero-order valence-electron chi connectivity index (χ0n) is 13.5. The van der Waals surface area contributed by atoms with Gasteiger partial charge in [-0.3, -0.25) is 0 Å². The smallest absolute Gasteiger partial charge is 0.165 e. The lowest BCUT2D eigenvalue weighted by Crippen LogP contribution is -2.20. The quantitative estimate of drug-likeness (QED) is 0.744. The zero-order chi connectivity index (χ0) is 15.0. The molecule has 1 rings (SSSR count). The van der Waals surface area contributed by atoms with E-state index in [2.05, 4.69) is 39.1 Å². The maximum atomic E-state index is 6.00. The zero-order valence-corrected chi connectivity index (χ0v) is 13.5. The third-order valence-electron chi connectivity index (χ3n) is 3.36. The van der Waals surface area contributed by atoms with E-state index in [9.17, 15) is 0 Å². The minimum absolute atomic E-state index is 0.552. The number of benzene rings is 1. The Morgan fingerprint density at radius 1 is 1.20 bits per heavy atom. The van der Waals surface area contributed by atoms with Gasteiger partial charge in [-0.1, -0.05) is 46.2 Å². The second-order valence-electron chi connectivity index (χ2n) is 5.80. The molecule has 0 aliphatic heterocycles. The van der Waals surface area contributed by atoms with Gasteiger partial charge >= 0.3 is 0 Å². The van der Waals surface area contributed by atoms with Crippen LogP contribution < -0.4 is 14.8 Å². The molecule has 1 aromatic carbocycles. The Labute approximate surface area is 123 Å². The minimum atomic E-state index is 0.552. The Bertz CT molecular complexity index is 391. The van der Waals surface area contributed by atoms with Crippen LogP contribution in [-0.4, -0.2) is 20.3 Å². The van der Waals surface area contributed by atoms with Gasteiger partial charge in [0.25, 0.3) is 0 Å². The summed E-state index contributed by atoms with van der Waals surface area (Å²) in [5, 5.41) is 3.46. The summed E-state index contributed by atoms with van der Waals surface area (Å²) in [5.74, 6) is 2.89. The van der Waals surface area contributed by atoms with Crippen molar-refractivity contribution in [2.75, 3.05) is 20.3 Å². The largest absolute Gasteiger partial charge is 0.493 e. The van der Waals surface area contributed by atoms with Crippen LogP contribution in [0.1, 0.15) is 39.7 Å². The molecular formula is C17H29NO2. The highest BCUT2D eigenvalue weighted by Gasteiger charge is 2.11. The molecule has 3 nitrogen and oxygen atoms in total. The molecule has 0 saturated carbocycles. The molecule has 114 valence electrons. The molecule has 0 amide bonds. The van der Waals surface area contributed by atoms with Crippen LogP contribution in [0.5, 0.6) is 11.5 Å². The molecule has 0 aliphatic carbocycles. The van der Waals surface area contributed by atoms with Crippen LogP contribution in [-0.2, 0) is 6.54 Å². The van der Waals surface area contributed by atoms with E-state index in [0.29, 0.717) is 11.8 Å². The van der Waals surface area contributed by atoms with Crippen molar-refractivity contribution in [3.05, 3.63) is 23.8 Å². The molecule has 1 N–H and O–H groups in total. The Kier molecular flexibility index (Phi) is 7.45. The third kappa shape index (κ3) is 5.41. The fourth-order valence-corrected chi connectivity index (χ4v) is 1.86. The summed E-state index contributed by atoms with van der Waals surface area (Å²) in [6.07, 6.45) is 1.12. The predicted octanol–water partition coefficient (Wildman–Crippen LogP) is 3.87. The van der Waals surface area contributed by atoms with Gasteiger partial charge in [0.05, 0.1) is 13.7 Å². The van der Waals surface area contributed by atoms with Crippen LogP contribution in [0.2, 0.25) is 0 Å². The van der Waals surface area contributed by atoms with E-state index >= 15 is 0 Å². The van der Waals surface area contributed by atoms with Crippen molar-refractivity contribution in [2.45, 2.75) is 40.7 Å². The first kappa shape index (κ1) is 16.8. The van der Waals surface area contributed by atoms with E-state index in [-0.39, 0.29) is 0 Å². The van der Waals surface area contributed by atoms with Gasteiger partial charge in [-0.25, -0.2) is 0 Å². The highest BCUT2D eigenvalue weighted by atomic mass is 16.5. The van der Waals surface area contributed by atoms with Crippen molar-refractivity contribution in [3.8, 4) is 11.5 Å². The molecule has 0 heterocycles. The summed E-state index contributed by atoms with van der Waals surface area (Å²) < 4.78 is 11.4. The molecule has 1 aromatic rings. The van der Waals surface area contributed by atoms with E-state index in [0.717, 1.165) is 43.2 Å². The van der Waals surface area contributed by atoms with Gasteiger partial charge in [-0.05, 0) is 24.4 Å². The molecule has 3 heteroatoms. The summed E-state index contributed by atoms with van der Waals surface area (Å²) in [6, 6.07) is 6.07. The average molecular weight is 279 g/mol. The van der Waals surface area contributed by atoms with Gasteiger partial charge < -0.3 is 14.8 Å². The second kappa shape index (κ2) is 8.85. The molecule has 1 unspecified atom stereocenters. The first-order valence-corrected chi connectivity index (χ1v) is 7.57. The van der Waals surface area contributed by atoms with Crippen molar-refractivity contribution < 1.29 is 9.47 Å². The van der Waals surface area contributed by atoms with Gasteiger partial charge in [-0.2, -0.15) is 0 Å². The van der Waals surface area contributed by atoms with E-state index < -0.39 is 0 Å². The van der Waals surface area contributed by atoms with Gasteiger partial charge in [0.2, 0.25) is 0 Å². The molecule has 1 atom stereocenters. The van der Waals surface area contributed by atoms with Crippen LogP contribution in [0.3, 0.4) is 0 Å². The maximum absolute atomic E-state index is 6.00. The topological polar surface area (TPSA) is 30.5 Å². The van der Waals surface area contributed by atoms with Crippen LogP contribution >= 0.6 is 0 Å². The lowest BCUT2D eigenvalue weighted by atomic mass is 10.1. The maximum Gasteiger partial charge on any atom is 0.165 e. The number of rotatable bonds is 9. The highest BCUT2D eigenvalue weighted by Crippen LogP contribution is 2.31. The standard InChI is InChI=1S/C17H29NO2/c1-6-14(4)12-20-17-15(11-18-10-13(2)3)8-7-9-16(17)19-5/h7-9,13-14,18H,6,10-12H2,1-5H3. The molecule has 0 radical (unpaired) electrons. The van der Waals surface area contributed by atoms with Crippen molar-refractivity contribution in [1.29, 1.82) is 0 Å². The monoisotopic (exact) mass is 279 g/mol. The fourth-order valence-electron chi connectivity index (χ4n) is 1.86. The van der Waals surface area contributed by atoms with Crippen LogP contribution in [0, 0.1) is 11.8 Å². The summed E-state index contributed by atoms with van der Waals surface area (Å²) in [4.78, 5) is 0. The van der Waals surface area contributed by atoms with Gasteiger partial charge in [0.1, 0.15) is 0 Å². The molecule has 0 bridgehead atoms.